The number of phenolic OH excluding ortho intramolecular Hbond substituents is 1. The third kappa shape index (κ3) is 3.06. The van der Waals surface area contributed by atoms with E-state index in [9.17, 15) is 9.90 Å². The van der Waals surface area contributed by atoms with Crippen molar-refractivity contribution in [3.63, 3.8) is 0 Å². The molecule has 0 radical (unpaired) electrons. The zero-order chi connectivity index (χ0) is 14.0. The number of phenols is 1. The Kier molecular flexibility index (Phi) is 3.76. The van der Waals surface area contributed by atoms with E-state index in [1.54, 1.807) is 10.7 Å². The van der Waals surface area contributed by atoms with Crippen LogP contribution in [-0.4, -0.2) is 20.8 Å². The van der Waals surface area contributed by atoms with Crippen LogP contribution in [-0.2, 0) is 13.6 Å². The van der Waals surface area contributed by atoms with Crippen LogP contribution >= 0.6 is 11.6 Å². The number of benzene rings is 1. The van der Waals surface area contributed by atoms with Gasteiger partial charge in [-0.15, -0.1) is 0 Å². The molecule has 6 heteroatoms. The first-order chi connectivity index (χ1) is 8.97. The molecule has 1 aromatic heterocycles. The lowest BCUT2D eigenvalue weighted by atomic mass is 10.2. The molecule has 0 aliphatic heterocycles. The van der Waals surface area contributed by atoms with Gasteiger partial charge in [-0.1, -0.05) is 11.6 Å². The standard InChI is InChI=1S/C13H14ClN3O2/c1-8-9(7-17(2)16-8)6-15-13(19)11-4-3-10(14)5-12(11)18/h3-5,7,18H,6H2,1-2H3,(H,15,19). The lowest BCUT2D eigenvalue weighted by Crippen LogP contribution is -2.23. The van der Waals surface area contributed by atoms with Crippen molar-refractivity contribution < 1.29 is 9.90 Å². The predicted octanol–water partition coefficient (Wildman–Crippen LogP) is 2.02. The number of aromatic nitrogens is 2. The number of halogens is 1. The van der Waals surface area contributed by atoms with Crippen LogP contribution in [0.25, 0.3) is 0 Å². The maximum absolute atomic E-state index is 11.9. The summed E-state index contributed by atoms with van der Waals surface area (Å²) in [5, 5.41) is 17.0. The maximum Gasteiger partial charge on any atom is 0.255 e. The van der Waals surface area contributed by atoms with Crippen molar-refractivity contribution >= 4 is 17.5 Å². The van der Waals surface area contributed by atoms with E-state index in [-0.39, 0.29) is 17.2 Å². The van der Waals surface area contributed by atoms with Crippen LogP contribution in [0.1, 0.15) is 21.6 Å². The fourth-order valence-corrected chi connectivity index (χ4v) is 1.96. The highest BCUT2D eigenvalue weighted by Gasteiger charge is 2.12. The summed E-state index contributed by atoms with van der Waals surface area (Å²) in [5.41, 5.74) is 2.00. The highest BCUT2D eigenvalue weighted by molar-refractivity contribution is 6.30. The summed E-state index contributed by atoms with van der Waals surface area (Å²) in [6.07, 6.45) is 1.84. The fraction of sp³-hybridized carbons (Fsp3) is 0.231. The largest absolute Gasteiger partial charge is 0.507 e. The van der Waals surface area contributed by atoms with E-state index in [0.29, 0.717) is 11.6 Å². The summed E-state index contributed by atoms with van der Waals surface area (Å²) < 4.78 is 1.69. The lowest BCUT2D eigenvalue weighted by Gasteiger charge is -2.06. The lowest BCUT2D eigenvalue weighted by molar-refractivity contribution is 0.0948. The molecule has 0 saturated carbocycles. The monoisotopic (exact) mass is 279 g/mol. The van der Waals surface area contributed by atoms with Gasteiger partial charge in [0, 0.05) is 30.4 Å². The van der Waals surface area contributed by atoms with Gasteiger partial charge in [0.05, 0.1) is 11.3 Å². The van der Waals surface area contributed by atoms with Crippen LogP contribution in [0, 0.1) is 6.92 Å². The molecule has 0 aliphatic carbocycles. The van der Waals surface area contributed by atoms with Crippen LogP contribution in [0.3, 0.4) is 0 Å². The molecule has 0 fully saturated rings. The highest BCUT2D eigenvalue weighted by atomic mass is 35.5. The number of carbonyl (C=O) groups excluding carboxylic acids is 1. The molecule has 0 spiro atoms. The Morgan fingerprint density at radius 1 is 1.53 bits per heavy atom. The zero-order valence-electron chi connectivity index (χ0n) is 10.6. The smallest absolute Gasteiger partial charge is 0.255 e. The van der Waals surface area contributed by atoms with E-state index < -0.39 is 0 Å². The average Bonchev–Trinajstić information content (AvgIpc) is 2.65. The second-order valence-corrected chi connectivity index (χ2v) is 4.69. The molecule has 5 nitrogen and oxygen atoms in total. The van der Waals surface area contributed by atoms with Gasteiger partial charge in [0.1, 0.15) is 5.75 Å². The summed E-state index contributed by atoms with van der Waals surface area (Å²) in [4.78, 5) is 11.9. The Hall–Kier alpha value is -2.01. The van der Waals surface area contributed by atoms with E-state index >= 15 is 0 Å². The number of rotatable bonds is 3. The van der Waals surface area contributed by atoms with Gasteiger partial charge in [-0.05, 0) is 25.1 Å². The Morgan fingerprint density at radius 3 is 2.84 bits per heavy atom. The minimum Gasteiger partial charge on any atom is -0.507 e. The molecule has 2 rings (SSSR count). The Balaban J connectivity index is 2.07. The molecule has 1 aromatic carbocycles. The van der Waals surface area contributed by atoms with Gasteiger partial charge < -0.3 is 10.4 Å². The number of aromatic hydroxyl groups is 1. The molecule has 2 aromatic rings. The average molecular weight is 280 g/mol. The molecule has 19 heavy (non-hydrogen) atoms. The quantitative estimate of drug-likeness (QED) is 0.903. The van der Waals surface area contributed by atoms with Crippen molar-refractivity contribution in [1.82, 2.24) is 15.1 Å². The second-order valence-electron chi connectivity index (χ2n) is 4.26. The van der Waals surface area contributed by atoms with Crippen LogP contribution in [0.5, 0.6) is 5.75 Å². The molecule has 2 N–H and O–H groups in total. The zero-order valence-corrected chi connectivity index (χ0v) is 11.4. The topological polar surface area (TPSA) is 67.2 Å². The number of aryl methyl sites for hydroxylation is 2. The van der Waals surface area contributed by atoms with E-state index in [1.807, 2.05) is 20.2 Å². The molecule has 0 bridgehead atoms. The van der Waals surface area contributed by atoms with Crippen molar-refractivity contribution in [1.29, 1.82) is 0 Å². The molecule has 0 saturated heterocycles. The van der Waals surface area contributed by atoms with Gasteiger partial charge in [-0.25, -0.2) is 0 Å². The second kappa shape index (κ2) is 5.32. The highest BCUT2D eigenvalue weighted by Crippen LogP contribution is 2.21. The van der Waals surface area contributed by atoms with Crippen LogP contribution in [0.15, 0.2) is 24.4 Å². The van der Waals surface area contributed by atoms with Crippen molar-refractivity contribution in [3.05, 3.63) is 46.2 Å². The van der Waals surface area contributed by atoms with E-state index in [1.165, 1.54) is 12.1 Å². The SMILES string of the molecule is Cc1nn(C)cc1CNC(=O)c1ccc(Cl)cc1O. The van der Waals surface area contributed by atoms with E-state index in [4.69, 9.17) is 11.6 Å². The molecule has 0 unspecified atom stereocenters. The summed E-state index contributed by atoms with van der Waals surface area (Å²) in [6, 6.07) is 4.39. The third-order valence-electron chi connectivity index (χ3n) is 2.76. The first-order valence-electron chi connectivity index (χ1n) is 5.73. The number of nitrogens with one attached hydrogen (secondary N) is 1. The normalized spacial score (nSPS) is 10.5. The molecule has 100 valence electrons. The predicted molar refractivity (Wildman–Crippen MR) is 72.2 cm³/mol. The van der Waals surface area contributed by atoms with Gasteiger partial charge in [0.25, 0.3) is 5.91 Å². The van der Waals surface area contributed by atoms with Crippen LogP contribution < -0.4 is 5.32 Å². The van der Waals surface area contributed by atoms with Crippen molar-refractivity contribution in [2.24, 2.45) is 7.05 Å². The molecule has 1 heterocycles. The summed E-state index contributed by atoms with van der Waals surface area (Å²) >= 11 is 5.72. The molecular formula is C13H14ClN3O2. The molecule has 0 aliphatic rings. The summed E-state index contributed by atoms with van der Waals surface area (Å²) in [5.74, 6) is -0.481. The number of nitrogens with zero attached hydrogens (tertiary/aromatic N) is 2. The van der Waals surface area contributed by atoms with Crippen molar-refractivity contribution in [3.8, 4) is 5.75 Å². The van der Waals surface area contributed by atoms with Crippen molar-refractivity contribution in [2.45, 2.75) is 13.5 Å². The Bertz CT molecular complexity index is 622. The van der Waals surface area contributed by atoms with E-state index in [0.717, 1.165) is 11.3 Å². The van der Waals surface area contributed by atoms with Gasteiger partial charge in [0.2, 0.25) is 0 Å². The first-order valence-corrected chi connectivity index (χ1v) is 6.11. The van der Waals surface area contributed by atoms with Crippen LogP contribution in [0.4, 0.5) is 0 Å². The van der Waals surface area contributed by atoms with Gasteiger partial charge in [-0.3, -0.25) is 9.48 Å². The third-order valence-corrected chi connectivity index (χ3v) is 2.99. The number of carbonyl (C=O) groups is 1. The van der Waals surface area contributed by atoms with Crippen molar-refractivity contribution in [2.75, 3.05) is 0 Å². The van der Waals surface area contributed by atoms with Gasteiger partial charge >= 0.3 is 0 Å². The molecule has 0 atom stereocenters. The number of hydrogen-bond donors (Lipinski definition) is 2. The molecule has 1 amide bonds. The number of amides is 1. The Morgan fingerprint density at radius 2 is 2.26 bits per heavy atom. The fourth-order valence-electron chi connectivity index (χ4n) is 1.79. The molecular weight excluding hydrogens is 266 g/mol. The first kappa shape index (κ1) is 13.4. The van der Waals surface area contributed by atoms with Gasteiger partial charge in [-0.2, -0.15) is 5.10 Å². The number of hydrogen-bond acceptors (Lipinski definition) is 3. The van der Waals surface area contributed by atoms with E-state index in [2.05, 4.69) is 10.4 Å². The Labute approximate surface area is 115 Å². The summed E-state index contributed by atoms with van der Waals surface area (Å²) in [7, 11) is 1.82. The van der Waals surface area contributed by atoms with Crippen LogP contribution in [0.2, 0.25) is 5.02 Å². The minimum atomic E-state index is -0.350. The van der Waals surface area contributed by atoms with Gasteiger partial charge in [0.15, 0.2) is 0 Å². The maximum atomic E-state index is 11.9. The minimum absolute atomic E-state index is 0.132. The summed E-state index contributed by atoms with van der Waals surface area (Å²) in [6.45, 7) is 2.24.